The van der Waals surface area contributed by atoms with Gasteiger partial charge in [0, 0.05) is 37.0 Å². The van der Waals surface area contributed by atoms with E-state index < -0.39 is 5.82 Å². The number of para-hydroxylation sites is 1. The number of likely N-dealkylation sites (tertiary alicyclic amines) is 1. The maximum absolute atomic E-state index is 13.8. The molecule has 160 valence electrons. The number of piperidine rings is 1. The molecule has 0 unspecified atom stereocenters. The lowest BCUT2D eigenvalue weighted by Gasteiger charge is -2.32. The number of hydrogen-bond donors (Lipinski definition) is 1. The number of halogens is 1. The number of amides is 1. The van der Waals surface area contributed by atoms with Gasteiger partial charge in [-0.1, -0.05) is 18.7 Å². The van der Waals surface area contributed by atoms with Gasteiger partial charge in [-0.05, 0) is 55.3 Å². The van der Waals surface area contributed by atoms with E-state index in [0.717, 1.165) is 36.2 Å². The second kappa shape index (κ2) is 9.14. The quantitative estimate of drug-likeness (QED) is 0.604. The third-order valence-corrected chi connectivity index (χ3v) is 5.48. The number of aromatic nitrogens is 2. The van der Waals surface area contributed by atoms with Gasteiger partial charge in [0.1, 0.15) is 5.75 Å². The lowest BCUT2D eigenvalue weighted by Crippen LogP contribution is -2.40. The Hall–Kier alpha value is -3.45. The molecule has 1 aliphatic rings. The van der Waals surface area contributed by atoms with Gasteiger partial charge >= 0.3 is 0 Å². The maximum atomic E-state index is 13.8. The molecule has 3 aromatic rings. The van der Waals surface area contributed by atoms with Crippen molar-refractivity contribution in [2.24, 2.45) is 5.73 Å². The Kier molecular flexibility index (Phi) is 6.13. The highest BCUT2D eigenvalue weighted by Gasteiger charge is 2.25. The highest BCUT2D eigenvalue weighted by molar-refractivity contribution is 5.87. The van der Waals surface area contributed by atoms with Crippen molar-refractivity contribution in [3.8, 4) is 22.8 Å². The van der Waals surface area contributed by atoms with Crippen molar-refractivity contribution in [1.29, 1.82) is 0 Å². The average Bonchev–Trinajstić information content (AvgIpc) is 3.25. The predicted molar refractivity (Wildman–Crippen MR) is 117 cm³/mol. The Morgan fingerprint density at radius 3 is 2.74 bits per heavy atom. The molecule has 1 fully saturated rings. The third kappa shape index (κ3) is 4.51. The minimum atomic E-state index is -0.410. The van der Waals surface area contributed by atoms with E-state index in [1.807, 2.05) is 23.0 Å². The van der Waals surface area contributed by atoms with Gasteiger partial charge in [0.05, 0.1) is 11.7 Å². The van der Waals surface area contributed by atoms with E-state index in [1.54, 1.807) is 35.2 Å². The molecule has 1 aliphatic heterocycles. The first-order valence-electron chi connectivity index (χ1n) is 10.3. The zero-order valence-electron chi connectivity index (χ0n) is 17.2. The topological polar surface area (TPSA) is 73.4 Å². The molecule has 1 saturated heterocycles. The van der Waals surface area contributed by atoms with Crippen LogP contribution >= 0.6 is 0 Å². The first-order valence-corrected chi connectivity index (χ1v) is 10.3. The summed E-state index contributed by atoms with van der Waals surface area (Å²) in [7, 11) is 0. The third-order valence-electron chi connectivity index (χ3n) is 5.48. The van der Waals surface area contributed by atoms with E-state index in [9.17, 15) is 9.18 Å². The summed E-state index contributed by atoms with van der Waals surface area (Å²) in [5, 5.41) is 4.79. The molecular weight excluding hydrogens is 395 g/mol. The number of rotatable bonds is 6. The molecule has 2 N–H and O–H groups in total. The van der Waals surface area contributed by atoms with Crippen LogP contribution in [0.15, 0.2) is 67.4 Å². The first kappa shape index (κ1) is 20.8. The molecule has 1 amide bonds. The van der Waals surface area contributed by atoms with Crippen LogP contribution in [0.5, 0.6) is 11.5 Å². The summed E-state index contributed by atoms with van der Waals surface area (Å²) < 4.78 is 21.4. The van der Waals surface area contributed by atoms with Gasteiger partial charge in [0.25, 0.3) is 0 Å². The standard InChI is InChI=1S/C24H25FN4O2/c1-2-23(30)28-13-5-6-19(16-28)29-15-18(14-26)24(27-29)17-9-11-20(12-10-17)31-22-8-4-3-7-21(22)25/h2-4,7-12,15,19H,1,5-6,13-14,16,26H2/t19-/m1/s1. The van der Waals surface area contributed by atoms with E-state index in [-0.39, 0.29) is 17.7 Å². The SMILES string of the molecule is C=CC(=O)N1CCC[C@@H](n2cc(CN)c(-c3ccc(Oc4ccccc4F)cc3)n2)C1. The van der Waals surface area contributed by atoms with E-state index in [1.165, 1.54) is 12.1 Å². The van der Waals surface area contributed by atoms with E-state index in [0.29, 0.717) is 18.8 Å². The molecule has 0 aliphatic carbocycles. The Labute approximate surface area is 180 Å². The van der Waals surface area contributed by atoms with Crippen LogP contribution in [0.4, 0.5) is 4.39 Å². The highest BCUT2D eigenvalue weighted by atomic mass is 19.1. The number of carbonyl (C=O) groups is 1. The largest absolute Gasteiger partial charge is 0.454 e. The molecule has 6 nitrogen and oxygen atoms in total. The molecule has 0 bridgehead atoms. The fourth-order valence-electron chi connectivity index (χ4n) is 3.84. The van der Waals surface area contributed by atoms with Gasteiger partial charge in [0.2, 0.25) is 5.91 Å². The smallest absolute Gasteiger partial charge is 0.246 e. The number of nitrogens with zero attached hydrogens (tertiary/aromatic N) is 3. The first-order chi connectivity index (χ1) is 15.1. The van der Waals surface area contributed by atoms with E-state index >= 15 is 0 Å². The summed E-state index contributed by atoms with van der Waals surface area (Å²) in [5.74, 6) is 0.250. The number of benzene rings is 2. The fraction of sp³-hybridized carbons (Fsp3) is 0.250. The minimum Gasteiger partial charge on any atom is -0.454 e. The van der Waals surface area contributed by atoms with Gasteiger partial charge in [-0.3, -0.25) is 9.48 Å². The van der Waals surface area contributed by atoms with Crippen LogP contribution in [0.3, 0.4) is 0 Å². The summed E-state index contributed by atoms with van der Waals surface area (Å²) in [6, 6.07) is 13.7. The molecule has 2 heterocycles. The van der Waals surface area contributed by atoms with Crippen molar-refractivity contribution in [2.45, 2.75) is 25.4 Å². The van der Waals surface area contributed by atoms with Crippen LogP contribution < -0.4 is 10.5 Å². The zero-order valence-corrected chi connectivity index (χ0v) is 17.2. The van der Waals surface area contributed by atoms with Crippen molar-refractivity contribution in [3.63, 3.8) is 0 Å². The van der Waals surface area contributed by atoms with Crippen LogP contribution in [0.2, 0.25) is 0 Å². The summed E-state index contributed by atoms with van der Waals surface area (Å²) in [6.45, 7) is 5.28. The minimum absolute atomic E-state index is 0.0541. The molecular formula is C24H25FN4O2. The number of hydrogen-bond acceptors (Lipinski definition) is 4. The van der Waals surface area contributed by atoms with E-state index in [2.05, 4.69) is 6.58 Å². The molecule has 0 spiro atoms. The van der Waals surface area contributed by atoms with Crippen molar-refractivity contribution < 1.29 is 13.9 Å². The Morgan fingerprint density at radius 1 is 1.26 bits per heavy atom. The molecule has 0 radical (unpaired) electrons. The predicted octanol–water partition coefficient (Wildman–Crippen LogP) is 4.29. The second-order valence-electron chi connectivity index (χ2n) is 7.53. The molecule has 4 rings (SSSR count). The van der Waals surface area contributed by atoms with Crippen molar-refractivity contribution >= 4 is 5.91 Å². The van der Waals surface area contributed by atoms with Gasteiger partial charge in [-0.15, -0.1) is 0 Å². The van der Waals surface area contributed by atoms with Crippen LogP contribution in [0, 0.1) is 5.82 Å². The lowest BCUT2D eigenvalue weighted by atomic mass is 10.1. The van der Waals surface area contributed by atoms with Crippen molar-refractivity contribution in [1.82, 2.24) is 14.7 Å². The molecule has 31 heavy (non-hydrogen) atoms. The van der Waals surface area contributed by atoms with Crippen LogP contribution in [-0.4, -0.2) is 33.7 Å². The summed E-state index contributed by atoms with van der Waals surface area (Å²) in [5.41, 5.74) is 8.60. The van der Waals surface area contributed by atoms with Gasteiger partial charge in [-0.25, -0.2) is 4.39 Å². The van der Waals surface area contributed by atoms with Crippen LogP contribution in [0.25, 0.3) is 11.3 Å². The van der Waals surface area contributed by atoms with Gasteiger partial charge in [0.15, 0.2) is 11.6 Å². The number of ether oxygens (including phenoxy) is 1. The van der Waals surface area contributed by atoms with Crippen molar-refractivity contribution in [3.05, 3.63) is 78.8 Å². The summed E-state index contributed by atoms with van der Waals surface area (Å²) >= 11 is 0. The highest BCUT2D eigenvalue weighted by Crippen LogP contribution is 2.30. The van der Waals surface area contributed by atoms with Crippen LogP contribution in [0.1, 0.15) is 24.4 Å². The molecule has 0 saturated carbocycles. The van der Waals surface area contributed by atoms with Gasteiger partial charge < -0.3 is 15.4 Å². The number of nitrogens with two attached hydrogens (primary N) is 1. The molecule has 1 atom stereocenters. The summed E-state index contributed by atoms with van der Waals surface area (Å²) in [6.07, 6.45) is 5.18. The molecule has 1 aromatic heterocycles. The maximum Gasteiger partial charge on any atom is 0.246 e. The summed E-state index contributed by atoms with van der Waals surface area (Å²) in [4.78, 5) is 13.8. The van der Waals surface area contributed by atoms with Gasteiger partial charge in [-0.2, -0.15) is 5.10 Å². The lowest BCUT2D eigenvalue weighted by molar-refractivity contribution is -0.127. The second-order valence-corrected chi connectivity index (χ2v) is 7.53. The Bertz CT molecular complexity index is 1080. The molecule has 7 heteroatoms. The van der Waals surface area contributed by atoms with Crippen LogP contribution in [-0.2, 0) is 11.3 Å². The van der Waals surface area contributed by atoms with E-state index in [4.69, 9.17) is 15.6 Å². The monoisotopic (exact) mass is 420 g/mol. The number of carbonyl (C=O) groups excluding carboxylic acids is 1. The zero-order chi connectivity index (χ0) is 21.8. The fourth-order valence-corrected chi connectivity index (χ4v) is 3.84. The van der Waals surface area contributed by atoms with Crippen molar-refractivity contribution in [2.75, 3.05) is 13.1 Å². The Balaban J connectivity index is 1.54. The Morgan fingerprint density at radius 2 is 2.03 bits per heavy atom. The molecule has 2 aromatic carbocycles. The normalized spacial score (nSPS) is 16.2. The average molecular weight is 420 g/mol.